The van der Waals surface area contributed by atoms with Crippen LogP contribution in [-0.4, -0.2) is 50.6 Å². The summed E-state index contributed by atoms with van der Waals surface area (Å²) >= 11 is 0. The van der Waals surface area contributed by atoms with E-state index in [1.54, 1.807) is 12.1 Å². The summed E-state index contributed by atoms with van der Waals surface area (Å²) in [6, 6.07) is 4.72. The predicted octanol–water partition coefficient (Wildman–Crippen LogP) is 4.08. The first-order valence-electron chi connectivity index (χ1n) is 12.0. The summed E-state index contributed by atoms with van der Waals surface area (Å²) in [5, 5.41) is 40.3. The van der Waals surface area contributed by atoms with Crippen LogP contribution >= 0.6 is 0 Å². The number of phenolic OH excluding ortho intramolecular Hbond substituents is 1. The summed E-state index contributed by atoms with van der Waals surface area (Å²) in [6.45, 7) is 2.23. The van der Waals surface area contributed by atoms with E-state index in [1.807, 2.05) is 0 Å². The number of aliphatic hydroxyl groups excluding tert-OH is 3. The lowest BCUT2D eigenvalue weighted by atomic mass is 9.93. The lowest BCUT2D eigenvalue weighted by molar-refractivity contribution is 0.0344. The van der Waals surface area contributed by atoms with Crippen LogP contribution in [0.15, 0.2) is 24.3 Å². The summed E-state index contributed by atoms with van der Waals surface area (Å²) < 4.78 is 0. The lowest BCUT2D eigenvalue weighted by Crippen LogP contribution is -2.48. The van der Waals surface area contributed by atoms with Crippen LogP contribution < -0.4 is 5.73 Å². The summed E-state index contributed by atoms with van der Waals surface area (Å²) in [4.78, 5) is 12.3. The van der Waals surface area contributed by atoms with Gasteiger partial charge in [0.1, 0.15) is 11.9 Å². The third-order valence-corrected chi connectivity index (χ3v) is 5.93. The van der Waals surface area contributed by atoms with Crippen molar-refractivity contribution in [3.63, 3.8) is 0 Å². The van der Waals surface area contributed by atoms with E-state index in [0.29, 0.717) is 12.8 Å². The molecular formula is C25H43NO5. The van der Waals surface area contributed by atoms with E-state index in [2.05, 4.69) is 6.92 Å². The molecule has 0 saturated heterocycles. The Labute approximate surface area is 187 Å². The van der Waals surface area contributed by atoms with Crippen molar-refractivity contribution in [2.24, 2.45) is 5.73 Å². The van der Waals surface area contributed by atoms with Crippen LogP contribution in [-0.2, 0) is 0 Å². The van der Waals surface area contributed by atoms with Gasteiger partial charge in [0.25, 0.3) is 0 Å². The molecule has 6 N–H and O–H groups in total. The average molecular weight is 438 g/mol. The molecule has 1 aromatic rings. The number of hydrogen-bond acceptors (Lipinski definition) is 6. The second-order valence-corrected chi connectivity index (χ2v) is 8.67. The number of aromatic hydroxyl groups is 1. The van der Waals surface area contributed by atoms with Crippen molar-refractivity contribution in [1.82, 2.24) is 0 Å². The Morgan fingerprint density at radius 2 is 1.39 bits per heavy atom. The number of phenols is 1. The van der Waals surface area contributed by atoms with Crippen molar-refractivity contribution in [2.75, 3.05) is 0 Å². The standard InChI is InChI=1S/C25H43NO5/c1-2-3-4-5-6-7-8-9-10-11-14-19(27)17-18-22(29)23(26)25(31)24(30)20-15-12-13-16-21(20)28/h12-13,15-16,19,22-23,25,27-29,31H,2-11,14,17-18,26H2,1H3/t19?,22-,23-,25?/m1/s1. The molecule has 0 fully saturated rings. The van der Waals surface area contributed by atoms with E-state index in [1.165, 1.54) is 63.5 Å². The van der Waals surface area contributed by atoms with Crippen molar-refractivity contribution < 1.29 is 25.2 Å². The number of aliphatic hydroxyl groups is 3. The quantitative estimate of drug-likeness (QED) is 0.174. The minimum atomic E-state index is -1.62. The predicted molar refractivity (Wildman–Crippen MR) is 124 cm³/mol. The van der Waals surface area contributed by atoms with Gasteiger partial charge in [0.05, 0.1) is 23.8 Å². The molecule has 0 amide bonds. The van der Waals surface area contributed by atoms with Crippen molar-refractivity contribution in [1.29, 1.82) is 0 Å². The molecule has 0 aromatic heterocycles. The largest absolute Gasteiger partial charge is 0.507 e. The Bertz CT molecular complexity index is 609. The molecule has 4 atom stereocenters. The van der Waals surface area contributed by atoms with E-state index >= 15 is 0 Å². The number of benzene rings is 1. The van der Waals surface area contributed by atoms with Crippen LogP contribution in [0.3, 0.4) is 0 Å². The molecule has 0 radical (unpaired) electrons. The molecule has 1 aromatic carbocycles. The number of rotatable bonds is 18. The molecule has 178 valence electrons. The molecule has 2 unspecified atom stereocenters. The van der Waals surface area contributed by atoms with E-state index in [-0.39, 0.29) is 17.7 Å². The Hall–Kier alpha value is -1.47. The van der Waals surface area contributed by atoms with Crippen LogP contribution in [0, 0.1) is 0 Å². The zero-order valence-corrected chi connectivity index (χ0v) is 19.1. The summed E-state index contributed by atoms with van der Waals surface area (Å²) in [5.74, 6) is -0.962. The van der Waals surface area contributed by atoms with Gasteiger partial charge >= 0.3 is 0 Å². The molecular weight excluding hydrogens is 394 g/mol. The second-order valence-electron chi connectivity index (χ2n) is 8.67. The maximum absolute atomic E-state index is 12.3. The normalized spacial score (nSPS) is 15.4. The molecule has 31 heavy (non-hydrogen) atoms. The van der Waals surface area contributed by atoms with Crippen LogP contribution in [0.4, 0.5) is 0 Å². The minimum absolute atomic E-state index is 0.0290. The Morgan fingerprint density at radius 3 is 1.97 bits per heavy atom. The second kappa shape index (κ2) is 16.2. The number of ketones is 1. The zero-order chi connectivity index (χ0) is 23.1. The zero-order valence-electron chi connectivity index (χ0n) is 19.1. The topological polar surface area (TPSA) is 124 Å². The molecule has 0 aliphatic rings. The highest BCUT2D eigenvalue weighted by molar-refractivity contribution is 6.02. The van der Waals surface area contributed by atoms with Crippen LogP contribution in [0.1, 0.15) is 101 Å². The van der Waals surface area contributed by atoms with Gasteiger partial charge in [-0.3, -0.25) is 4.79 Å². The van der Waals surface area contributed by atoms with E-state index in [9.17, 15) is 25.2 Å². The highest BCUT2D eigenvalue weighted by Crippen LogP contribution is 2.20. The molecule has 0 aliphatic carbocycles. The third-order valence-electron chi connectivity index (χ3n) is 5.93. The van der Waals surface area contributed by atoms with Gasteiger partial charge in [-0.2, -0.15) is 0 Å². The molecule has 0 saturated carbocycles. The molecule has 6 nitrogen and oxygen atoms in total. The Kier molecular flexibility index (Phi) is 14.4. The number of nitrogens with two attached hydrogens (primary N) is 1. The van der Waals surface area contributed by atoms with Gasteiger partial charge in [-0.15, -0.1) is 0 Å². The summed E-state index contributed by atoms with van der Waals surface area (Å²) in [7, 11) is 0. The highest BCUT2D eigenvalue weighted by Gasteiger charge is 2.30. The van der Waals surface area contributed by atoms with E-state index < -0.39 is 30.1 Å². The van der Waals surface area contributed by atoms with Crippen LogP contribution in [0.25, 0.3) is 0 Å². The third kappa shape index (κ3) is 11.1. The lowest BCUT2D eigenvalue weighted by Gasteiger charge is -2.24. The van der Waals surface area contributed by atoms with Gasteiger partial charge in [-0.05, 0) is 31.4 Å². The highest BCUT2D eigenvalue weighted by atomic mass is 16.3. The van der Waals surface area contributed by atoms with Crippen molar-refractivity contribution in [3.05, 3.63) is 29.8 Å². The minimum Gasteiger partial charge on any atom is -0.507 e. The molecule has 0 aliphatic heterocycles. The van der Waals surface area contributed by atoms with Crippen molar-refractivity contribution in [3.8, 4) is 5.75 Å². The summed E-state index contributed by atoms with van der Waals surface area (Å²) in [6.07, 6.45) is 10.4. The van der Waals surface area contributed by atoms with Crippen LogP contribution in [0.2, 0.25) is 0 Å². The smallest absolute Gasteiger partial charge is 0.196 e. The van der Waals surface area contributed by atoms with E-state index in [4.69, 9.17) is 5.73 Å². The molecule has 0 bridgehead atoms. The molecule has 1 rings (SSSR count). The fourth-order valence-electron chi connectivity index (χ4n) is 3.79. The van der Waals surface area contributed by atoms with Gasteiger partial charge < -0.3 is 26.2 Å². The maximum atomic E-state index is 12.3. The molecule has 0 heterocycles. The van der Waals surface area contributed by atoms with E-state index in [0.717, 1.165) is 12.8 Å². The monoisotopic (exact) mass is 437 g/mol. The Balaban J connectivity index is 2.18. The first kappa shape index (κ1) is 27.6. The van der Waals surface area contributed by atoms with Gasteiger partial charge in [0.15, 0.2) is 5.78 Å². The molecule has 0 spiro atoms. The first-order chi connectivity index (χ1) is 14.9. The van der Waals surface area contributed by atoms with Gasteiger partial charge in [0.2, 0.25) is 0 Å². The summed E-state index contributed by atoms with van der Waals surface area (Å²) in [5.41, 5.74) is 5.83. The van der Waals surface area contributed by atoms with Gasteiger partial charge in [0, 0.05) is 0 Å². The fraction of sp³-hybridized carbons (Fsp3) is 0.720. The number of Topliss-reactive ketones (excluding diaryl/α,β-unsaturated/α-hetero) is 1. The van der Waals surface area contributed by atoms with Gasteiger partial charge in [-0.1, -0.05) is 83.3 Å². The number of hydrogen-bond donors (Lipinski definition) is 5. The van der Waals surface area contributed by atoms with Crippen LogP contribution in [0.5, 0.6) is 5.75 Å². The number of unbranched alkanes of at least 4 members (excludes halogenated alkanes) is 9. The average Bonchev–Trinajstić information content (AvgIpc) is 2.77. The number of carbonyl (C=O) groups is 1. The number of carbonyl (C=O) groups excluding carboxylic acids is 1. The van der Waals surface area contributed by atoms with Gasteiger partial charge in [-0.25, -0.2) is 0 Å². The molecule has 6 heteroatoms. The van der Waals surface area contributed by atoms with Crippen molar-refractivity contribution in [2.45, 2.75) is 115 Å². The first-order valence-corrected chi connectivity index (χ1v) is 12.0. The van der Waals surface area contributed by atoms with Crippen molar-refractivity contribution >= 4 is 5.78 Å². The maximum Gasteiger partial charge on any atom is 0.196 e. The Morgan fingerprint density at radius 1 is 0.839 bits per heavy atom. The number of para-hydroxylation sites is 1. The SMILES string of the molecule is CCCCCCCCCCCCC(O)CC[C@@H](O)[C@@H](N)C(O)C(=O)c1ccccc1O. The fourth-order valence-corrected chi connectivity index (χ4v) is 3.79.